The van der Waals surface area contributed by atoms with Crippen LogP contribution in [0.3, 0.4) is 0 Å². The maximum Gasteiger partial charge on any atom is 0.336 e. The lowest BCUT2D eigenvalue weighted by Gasteiger charge is -2.28. The maximum absolute atomic E-state index is 10.6. The van der Waals surface area contributed by atoms with Crippen molar-refractivity contribution in [3.05, 3.63) is 0 Å². The number of aliphatic carboxylic acids is 1. The van der Waals surface area contributed by atoms with E-state index in [1.807, 2.05) is 6.92 Å². The largest absolute Gasteiger partial charge is 0.479 e. The fraction of sp³-hybridized carbons (Fsp3) is 0.889. The fourth-order valence-electron chi connectivity index (χ4n) is 1.43. The molecule has 1 saturated heterocycles. The van der Waals surface area contributed by atoms with Crippen LogP contribution in [0, 0.1) is 0 Å². The van der Waals surface area contributed by atoms with Crippen LogP contribution in [0.15, 0.2) is 0 Å². The number of hydrogen-bond donors (Lipinski definition) is 4. The molecular weight excluding hydrogens is 184 g/mol. The van der Waals surface area contributed by atoms with E-state index in [9.17, 15) is 9.90 Å². The van der Waals surface area contributed by atoms with Crippen molar-refractivity contribution in [2.45, 2.75) is 31.4 Å². The molecule has 0 aliphatic carbocycles. The molecule has 0 amide bonds. The molecule has 0 aromatic carbocycles. The molecule has 5 heteroatoms. The van der Waals surface area contributed by atoms with Crippen molar-refractivity contribution >= 4 is 5.97 Å². The van der Waals surface area contributed by atoms with Crippen molar-refractivity contribution in [3.63, 3.8) is 0 Å². The summed E-state index contributed by atoms with van der Waals surface area (Å²) in [5, 5.41) is 24.5. The average Bonchev–Trinajstić information content (AvgIpc) is 2.50. The second-order valence-corrected chi connectivity index (χ2v) is 4.42. The summed E-state index contributed by atoms with van der Waals surface area (Å²) in [5.74, 6) is -1.19. The minimum Gasteiger partial charge on any atom is -0.479 e. The summed E-state index contributed by atoms with van der Waals surface area (Å²) in [5.41, 5.74) is -1.79. The number of hydrogen-bond acceptors (Lipinski definition) is 4. The van der Waals surface area contributed by atoms with Gasteiger partial charge in [0.2, 0.25) is 0 Å². The highest BCUT2D eigenvalue weighted by atomic mass is 16.4. The van der Waals surface area contributed by atoms with Gasteiger partial charge in [0.15, 0.2) is 5.60 Å². The summed E-state index contributed by atoms with van der Waals surface area (Å²) >= 11 is 0. The molecule has 1 fully saturated rings. The first-order chi connectivity index (χ1) is 6.36. The van der Waals surface area contributed by atoms with Crippen LogP contribution in [0.2, 0.25) is 0 Å². The Morgan fingerprint density at radius 3 is 2.79 bits per heavy atom. The zero-order valence-corrected chi connectivity index (χ0v) is 8.63. The van der Waals surface area contributed by atoms with E-state index in [2.05, 4.69) is 10.6 Å². The number of carboxylic acids is 1. The van der Waals surface area contributed by atoms with Gasteiger partial charge < -0.3 is 20.8 Å². The summed E-state index contributed by atoms with van der Waals surface area (Å²) in [6.45, 7) is 5.13. The number of nitrogens with one attached hydrogen (secondary N) is 2. The van der Waals surface area contributed by atoms with Gasteiger partial charge in [0.05, 0.1) is 0 Å². The minimum absolute atomic E-state index is 0.0700. The second-order valence-electron chi connectivity index (χ2n) is 4.42. The average molecular weight is 202 g/mol. The molecular formula is C9H18N2O3. The predicted molar refractivity (Wildman–Crippen MR) is 52.2 cm³/mol. The van der Waals surface area contributed by atoms with Gasteiger partial charge in [-0.2, -0.15) is 0 Å². The molecule has 4 N–H and O–H groups in total. The summed E-state index contributed by atoms with van der Waals surface area (Å²) in [6, 6.07) is 0. The number of carbonyl (C=O) groups is 1. The van der Waals surface area contributed by atoms with E-state index in [0.29, 0.717) is 0 Å². The normalized spacial score (nSPS) is 31.4. The first kappa shape index (κ1) is 11.4. The van der Waals surface area contributed by atoms with E-state index in [0.717, 1.165) is 19.5 Å². The lowest BCUT2D eigenvalue weighted by atomic mass is 9.99. The molecule has 0 bridgehead atoms. The van der Waals surface area contributed by atoms with Crippen molar-refractivity contribution in [2.75, 3.05) is 19.6 Å². The van der Waals surface area contributed by atoms with Gasteiger partial charge in [-0.15, -0.1) is 0 Å². The number of rotatable bonds is 4. The van der Waals surface area contributed by atoms with Gasteiger partial charge in [-0.1, -0.05) is 0 Å². The Bertz CT molecular complexity index is 222. The molecule has 1 heterocycles. The summed E-state index contributed by atoms with van der Waals surface area (Å²) in [7, 11) is 0. The lowest BCUT2D eigenvalue weighted by molar-refractivity contribution is -0.156. The molecule has 0 radical (unpaired) electrons. The maximum atomic E-state index is 10.6. The first-order valence-corrected chi connectivity index (χ1v) is 4.77. The molecule has 1 aliphatic heterocycles. The Kier molecular flexibility index (Phi) is 3.14. The zero-order valence-electron chi connectivity index (χ0n) is 8.63. The minimum atomic E-state index is -1.69. The van der Waals surface area contributed by atoms with Gasteiger partial charge in [-0.05, 0) is 26.8 Å². The Morgan fingerprint density at radius 1 is 1.71 bits per heavy atom. The van der Waals surface area contributed by atoms with Gasteiger partial charge in [0, 0.05) is 18.6 Å². The van der Waals surface area contributed by atoms with Crippen LogP contribution in [0.5, 0.6) is 0 Å². The van der Waals surface area contributed by atoms with Crippen LogP contribution in [-0.4, -0.2) is 47.0 Å². The molecule has 0 aromatic heterocycles. The lowest BCUT2D eigenvalue weighted by Crippen LogP contribution is -2.53. The fourth-order valence-corrected chi connectivity index (χ4v) is 1.43. The molecule has 2 unspecified atom stereocenters. The van der Waals surface area contributed by atoms with Crippen LogP contribution >= 0.6 is 0 Å². The van der Waals surface area contributed by atoms with Crippen molar-refractivity contribution in [3.8, 4) is 0 Å². The van der Waals surface area contributed by atoms with Crippen LogP contribution < -0.4 is 10.6 Å². The molecule has 82 valence electrons. The third-order valence-electron chi connectivity index (χ3n) is 2.69. The van der Waals surface area contributed by atoms with E-state index >= 15 is 0 Å². The Hall–Kier alpha value is -0.650. The smallest absolute Gasteiger partial charge is 0.336 e. The second kappa shape index (κ2) is 3.84. The van der Waals surface area contributed by atoms with E-state index < -0.39 is 11.6 Å². The van der Waals surface area contributed by atoms with E-state index in [-0.39, 0.29) is 12.1 Å². The molecule has 1 aliphatic rings. The van der Waals surface area contributed by atoms with Gasteiger partial charge in [0.1, 0.15) is 0 Å². The monoisotopic (exact) mass is 202 g/mol. The SMILES string of the molecule is CC1(NCC(C)(O)C(=O)O)CCNC1. The third kappa shape index (κ3) is 2.67. The Balaban J connectivity index is 2.43. The van der Waals surface area contributed by atoms with Gasteiger partial charge in [-0.25, -0.2) is 4.79 Å². The Morgan fingerprint density at radius 2 is 2.36 bits per heavy atom. The van der Waals surface area contributed by atoms with Crippen molar-refractivity contribution in [1.29, 1.82) is 0 Å². The Labute approximate surface area is 83.5 Å². The zero-order chi connectivity index (χ0) is 10.8. The van der Waals surface area contributed by atoms with Crippen molar-refractivity contribution in [1.82, 2.24) is 10.6 Å². The van der Waals surface area contributed by atoms with Crippen LogP contribution in [-0.2, 0) is 4.79 Å². The highest BCUT2D eigenvalue weighted by Crippen LogP contribution is 2.14. The topological polar surface area (TPSA) is 81.6 Å². The summed E-state index contributed by atoms with van der Waals surface area (Å²) in [6.07, 6.45) is 0.947. The molecule has 1 rings (SSSR count). The molecule has 0 aromatic rings. The van der Waals surface area contributed by atoms with Crippen molar-refractivity contribution < 1.29 is 15.0 Å². The molecule has 5 nitrogen and oxygen atoms in total. The highest BCUT2D eigenvalue weighted by molar-refractivity contribution is 5.76. The van der Waals surface area contributed by atoms with Gasteiger partial charge in [0.25, 0.3) is 0 Å². The first-order valence-electron chi connectivity index (χ1n) is 4.77. The number of carboxylic acid groups (broad SMARTS) is 1. The van der Waals surface area contributed by atoms with E-state index in [1.165, 1.54) is 6.92 Å². The van der Waals surface area contributed by atoms with Crippen LogP contribution in [0.1, 0.15) is 20.3 Å². The summed E-state index contributed by atoms with van der Waals surface area (Å²) < 4.78 is 0. The number of β-amino-alcohol motifs (C(OH)–C–C–N with tert-alkyl or cyclic N) is 1. The molecule has 0 spiro atoms. The summed E-state index contributed by atoms with van der Waals surface area (Å²) in [4.78, 5) is 10.6. The number of aliphatic hydroxyl groups is 1. The van der Waals surface area contributed by atoms with Gasteiger partial charge in [-0.3, -0.25) is 0 Å². The quantitative estimate of drug-likeness (QED) is 0.478. The third-order valence-corrected chi connectivity index (χ3v) is 2.69. The highest BCUT2D eigenvalue weighted by Gasteiger charge is 2.34. The van der Waals surface area contributed by atoms with Gasteiger partial charge >= 0.3 is 5.97 Å². The van der Waals surface area contributed by atoms with E-state index in [1.54, 1.807) is 0 Å². The van der Waals surface area contributed by atoms with Crippen LogP contribution in [0.25, 0.3) is 0 Å². The standard InChI is InChI=1S/C9H18N2O3/c1-8(3-4-10-5-8)11-6-9(2,14)7(12)13/h10-11,14H,3-6H2,1-2H3,(H,12,13). The van der Waals surface area contributed by atoms with Crippen molar-refractivity contribution in [2.24, 2.45) is 0 Å². The van der Waals surface area contributed by atoms with E-state index in [4.69, 9.17) is 5.11 Å². The van der Waals surface area contributed by atoms with Crippen LogP contribution in [0.4, 0.5) is 0 Å². The molecule has 2 atom stereocenters. The molecule has 14 heavy (non-hydrogen) atoms. The molecule has 0 saturated carbocycles. The predicted octanol–water partition coefficient (Wildman–Crippen LogP) is -0.836.